The Bertz CT molecular complexity index is 174. The summed E-state index contributed by atoms with van der Waals surface area (Å²) in [6.07, 6.45) is 2.33. The molecule has 1 unspecified atom stereocenters. The predicted octanol–water partition coefficient (Wildman–Crippen LogP) is 1.19. The van der Waals surface area contributed by atoms with Crippen molar-refractivity contribution in [1.29, 1.82) is 0 Å². The van der Waals surface area contributed by atoms with Gasteiger partial charge in [0, 0.05) is 6.04 Å². The van der Waals surface area contributed by atoms with Gasteiger partial charge in [-0.25, -0.2) is 4.79 Å². The second-order valence-electron chi connectivity index (χ2n) is 3.80. The molecular formula is C9H17NO3. The Morgan fingerprint density at radius 2 is 1.92 bits per heavy atom. The van der Waals surface area contributed by atoms with E-state index in [4.69, 9.17) is 5.11 Å². The molecule has 1 amide bonds. The van der Waals surface area contributed by atoms with E-state index in [2.05, 4.69) is 5.32 Å². The van der Waals surface area contributed by atoms with E-state index in [0.29, 0.717) is 5.92 Å². The average Bonchev–Trinajstić information content (AvgIpc) is 2.04. The van der Waals surface area contributed by atoms with Gasteiger partial charge in [0.25, 0.3) is 0 Å². The zero-order valence-electron chi connectivity index (χ0n) is 7.86. The lowest BCUT2D eigenvalue weighted by Gasteiger charge is -2.29. The van der Waals surface area contributed by atoms with E-state index in [1.165, 1.54) is 0 Å². The van der Waals surface area contributed by atoms with Crippen LogP contribution >= 0.6 is 0 Å². The topological polar surface area (TPSA) is 69.6 Å². The highest BCUT2D eigenvalue weighted by atomic mass is 16.4. The molecule has 1 aliphatic carbocycles. The first-order valence-corrected chi connectivity index (χ1v) is 4.77. The lowest BCUT2D eigenvalue weighted by Crippen LogP contribution is -2.38. The molecule has 0 aromatic carbocycles. The van der Waals surface area contributed by atoms with Crippen LogP contribution in [-0.4, -0.2) is 28.5 Å². The smallest absolute Gasteiger partial charge is 0.404 e. The summed E-state index contributed by atoms with van der Waals surface area (Å²) >= 11 is 0. The zero-order valence-corrected chi connectivity index (χ0v) is 7.86. The van der Waals surface area contributed by atoms with Crippen LogP contribution in [0.15, 0.2) is 0 Å². The van der Waals surface area contributed by atoms with Gasteiger partial charge in [0.15, 0.2) is 0 Å². The summed E-state index contributed by atoms with van der Waals surface area (Å²) in [5.74, 6) is 0.354. The maximum absolute atomic E-state index is 10.3. The van der Waals surface area contributed by atoms with Crippen LogP contribution in [0.5, 0.6) is 0 Å². The fourth-order valence-electron chi connectivity index (χ4n) is 1.92. The molecule has 76 valence electrons. The van der Waals surface area contributed by atoms with Crippen LogP contribution in [0.4, 0.5) is 4.79 Å². The van der Waals surface area contributed by atoms with Crippen LogP contribution in [-0.2, 0) is 0 Å². The number of hydrogen-bond acceptors (Lipinski definition) is 2. The van der Waals surface area contributed by atoms with Gasteiger partial charge in [-0.3, -0.25) is 0 Å². The third-order valence-electron chi connectivity index (χ3n) is 2.78. The normalized spacial score (nSPS) is 30.9. The van der Waals surface area contributed by atoms with Crippen LogP contribution in [0.2, 0.25) is 0 Å². The first-order valence-electron chi connectivity index (χ1n) is 4.77. The number of aliphatic hydroxyl groups is 1. The second-order valence-corrected chi connectivity index (χ2v) is 3.80. The summed E-state index contributed by atoms with van der Waals surface area (Å²) in [6, 6.07) is 0.0903. The molecule has 0 aromatic rings. The molecule has 0 radical (unpaired) electrons. The third-order valence-corrected chi connectivity index (χ3v) is 2.78. The van der Waals surface area contributed by atoms with Gasteiger partial charge in [0.2, 0.25) is 0 Å². The molecule has 0 saturated heterocycles. The van der Waals surface area contributed by atoms with E-state index in [9.17, 15) is 9.90 Å². The van der Waals surface area contributed by atoms with Crippen molar-refractivity contribution in [1.82, 2.24) is 5.32 Å². The minimum absolute atomic E-state index is 0.0903. The lowest BCUT2D eigenvalue weighted by atomic mass is 9.83. The minimum atomic E-state index is -0.944. The Morgan fingerprint density at radius 3 is 2.31 bits per heavy atom. The van der Waals surface area contributed by atoms with E-state index >= 15 is 0 Å². The molecule has 4 heteroatoms. The number of hydrogen-bond donors (Lipinski definition) is 3. The maximum atomic E-state index is 10.3. The number of amides is 1. The third kappa shape index (κ3) is 3.22. The Hall–Kier alpha value is -0.770. The van der Waals surface area contributed by atoms with Gasteiger partial charge in [-0.1, -0.05) is 0 Å². The summed E-state index contributed by atoms with van der Waals surface area (Å²) < 4.78 is 0. The number of aliphatic hydroxyl groups excluding tert-OH is 1. The van der Waals surface area contributed by atoms with E-state index in [0.717, 1.165) is 25.7 Å². The fourth-order valence-corrected chi connectivity index (χ4v) is 1.92. The highest BCUT2D eigenvalue weighted by Gasteiger charge is 2.24. The molecule has 1 atom stereocenters. The Balaban J connectivity index is 2.26. The minimum Gasteiger partial charge on any atom is -0.465 e. The molecule has 1 saturated carbocycles. The Morgan fingerprint density at radius 1 is 1.38 bits per heavy atom. The van der Waals surface area contributed by atoms with Gasteiger partial charge in [0.05, 0.1) is 6.10 Å². The Labute approximate surface area is 78.0 Å². The molecule has 0 aliphatic heterocycles. The molecule has 3 N–H and O–H groups in total. The van der Waals surface area contributed by atoms with Crippen molar-refractivity contribution in [2.75, 3.05) is 0 Å². The van der Waals surface area contributed by atoms with Crippen molar-refractivity contribution in [3.63, 3.8) is 0 Å². The summed E-state index contributed by atoms with van der Waals surface area (Å²) in [4.78, 5) is 10.3. The van der Waals surface area contributed by atoms with Crippen molar-refractivity contribution in [3.05, 3.63) is 0 Å². The highest BCUT2D eigenvalue weighted by molar-refractivity contribution is 5.64. The van der Waals surface area contributed by atoms with Gasteiger partial charge in [-0.15, -0.1) is 0 Å². The number of carboxylic acid groups (broad SMARTS) is 1. The molecule has 1 rings (SSSR count). The predicted molar refractivity (Wildman–Crippen MR) is 48.6 cm³/mol. The van der Waals surface area contributed by atoms with Crippen molar-refractivity contribution >= 4 is 6.09 Å². The molecule has 1 fully saturated rings. The lowest BCUT2D eigenvalue weighted by molar-refractivity contribution is 0.0931. The molecule has 1 aliphatic rings. The van der Waals surface area contributed by atoms with Crippen LogP contribution in [0.3, 0.4) is 0 Å². The van der Waals surface area contributed by atoms with E-state index < -0.39 is 6.09 Å². The van der Waals surface area contributed by atoms with Crippen molar-refractivity contribution in [2.24, 2.45) is 5.92 Å². The van der Waals surface area contributed by atoms with Crippen LogP contribution in [0.1, 0.15) is 32.6 Å². The standard InChI is InChI=1S/C9H17NO3/c1-6(11)7-2-4-8(5-3-7)10-9(12)13/h6-8,10-11H,2-5H2,1H3,(H,12,13)/t6?,7-,8-. The molecule has 4 nitrogen and oxygen atoms in total. The van der Waals surface area contributed by atoms with E-state index in [-0.39, 0.29) is 12.1 Å². The zero-order chi connectivity index (χ0) is 9.84. The van der Waals surface area contributed by atoms with Gasteiger partial charge < -0.3 is 15.5 Å². The van der Waals surface area contributed by atoms with Gasteiger partial charge in [-0.2, -0.15) is 0 Å². The van der Waals surface area contributed by atoms with Crippen molar-refractivity contribution < 1.29 is 15.0 Å². The quantitative estimate of drug-likeness (QED) is 0.608. The van der Waals surface area contributed by atoms with Crippen molar-refractivity contribution in [2.45, 2.75) is 44.8 Å². The van der Waals surface area contributed by atoms with Crippen LogP contribution in [0, 0.1) is 5.92 Å². The highest BCUT2D eigenvalue weighted by Crippen LogP contribution is 2.26. The summed E-state index contributed by atoms with van der Waals surface area (Å²) in [6.45, 7) is 1.80. The van der Waals surface area contributed by atoms with Crippen molar-refractivity contribution in [3.8, 4) is 0 Å². The van der Waals surface area contributed by atoms with Gasteiger partial charge in [-0.05, 0) is 38.5 Å². The first-order chi connectivity index (χ1) is 6.09. The molecule has 0 bridgehead atoms. The second kappa shape index (κ2) is 4.46. The van der Waals surface area contributed by atoms with E-state index in [1.807, 2.05) is 0 Å². The number of rotatable bonds is 2. The number of carbonyl (C=O) groups is 1. The summed E-state index contributed by atoms with van der Waals surface area (Å²) in [7, 11) is 0. The first kappa shape index (κ1) is 10.3. The fraction of sp³-hybridized carbons (Fsp3) is 0.889. The summed E-state index contributed by atoms with van der Waals surface area (Å²) in [5.41, 5.74) is 0. The molecule has 0 spiro atoms. The van der Waals surface area contributed by atoms with Gasteiger partial charge in [0.1, 0.15) is 0 Å². The monoisotopic (exact) mass is 187 g/mol. The number of nitrogens with one attached hydrogen (secondary N) is 1. The molecular weight excluding hydrogens is 170 g/mol. The maximum Gasteiger partial charge on any atom is 0.404 e. The Kier molecular flexibility index (Phi) is 3.54. The van der Waals surface area contributed by atoms with E-state index in [1.54, 1.807) is 6.92 Å². The SMILES string of the molecule is CC(O)[C@H]1CC[C@H](NC(=O)O)CC1. The van der Waals surface area contributed by atoms with Gasteiger partial charge >= 0.3 is 6.09 Å². The average molecular weight is 187 g/mol. The molecule has 0 aromatic heterocycles. The summed E-state index contributed by atoms with van der Waals surface area (Å²) in [5, 5.41) is 20.3. The van der Waals surface area contributed by atoms with Crippen LogP contribution in [0.25, 0.3) is 0 Å². The molecule has 0 heterocycles. The van der Waals surface area contributed by atoms with Crippen LogP contribution < -0.4 is 5.32 Å². The molecule has 13 heavy (non-hydrogen) atoms. The largest absolute Gasteiger partial charge is 0.465 e.